The molecule has 0 fully saturated rings. The third-order valence-electron chi connectivity index (χ3n) is 5.31. The van der Waals surface area contributed by atoms with Gasteiger partial charge in [-0.1, -0.05) is 24.3 Å². The molecule has 0 atom stereocenters. The Morgan fingerprint density at radius 2 is 1.71 bits per heavy atom. The maximum Gasteiger partial charge on any atom is 0.251 e. The molecule has 1 N–H and O–H groups in total. The van der Waals surface area contributed by atoms with Crippen LogP contribution in [-0.4, -0.2) is 22.6 Å². The number of amides is 1. The van der Waals surface area contributed by atoms with Crippen LogP contribution in [0.2, 0.25) is 0 Å². The molecule has 0 saturated carbocycles. The van der Waals surface area contributed by atoms with Gasteiger partial charge in [0.1, 0.15) is 5.75 Å². The molecule has 5 heteroatoms. The first-order valence-corrected chi connectivity index (χ1v) is 10.2. The summed E-state index contributed by atoms with van der Waals surface area (Å²) in [6.45, 7) is 4.60. The van der Waals surface area contributed by atoms with E-state index < -0.39 is 0 Å². The smallest absolute Gasteiger partial charge is 0.251 e. The van der Waals surface area contributed by atoms with Gasteiger partial charge in [0.15, 0.2) is 0 Å². The highest BCUT2D eigenvalue weighted by molar-refractivity contribution is 5.94. The molecule has 2 aromatic carbocycles. The lowest BCUT2D eigenvalue weighted by molar-refractivity contribution is 0.0951. The molecule has 0 aliphatic heterocycles. The number of aryl methyl sites for hydroxylation is 2. The van der Waals surface area contributed by atoms with E-state index in [1.807, 2.05) is 54.6 Å². The summed E-state index contributed by atoms with van der Waals surface area (Å²) in [4.78, 5) is 17.2. The number of hydrogen-bond acceptors (Lipinski definition) is 3. The Morgan fingerprint density at radius 3 is 2.42 bits per heavy atom. The van der Waals surface area contributed by atoms with Crippen molar-refractivity contribution in [2.75, 3.05) is 7.11 Å². The van der Waals surface area contributed by atoms with E-state index in [1.165, 1.54) is 0 Å². The van der Waals surface area contributed by atoms with Crippen molar-refractivity contribution in [2.24, 2.45) is 0 Å². The second kappa shape index (κ2) is 8.88. The molecule has 156 valence electrons. The van der Waals surface area contributed by atoms with Crippen LogP contribution in [0.25, 0.3) is 16.9 Å². The van der Waals surface area contributed by atoms with E-state index in [2.05, 4.69) is 46.9 Å². The topological polar surface area (TPSA) is 56.1 Å². The Hall–Kier alpha value is -3.86. The lowest BCUT2D eigenvalue weighted by Gasteiger charge is -2.14. The molecule has 4 aromatic rings. The number of pyridine rings is 1. The Labute approximate surface area is 182 Å². The summed E-state index contributed by atoms with van der Waals surface area (Å²) >= 11 is 0. The Kier molecular flexibility index (Phi) is 5.85. The fourth-order valence-corrected chi connectivity index (χ4v) is 3.69. The zero-order valence-corrected chi connectivity index (χ0v) is 17.9. The molecular weight excluding hydrogens is 386 g/mol. The second-order valence-electron chi connectivity index (χ2n) is 7.43. The second-order valence-corrected chi connectivity index (χ2v) is 7.43. The quantitative estimate of drug-likeness (QED) is 0.481. The lowest BCUT2D eigenvalue weighted by Crippen LogP contribution is -2.22. The Bertz CT molecular complexity index is 1190. The number of ether oxygens (including phenoxy) is 1. The Balaban J connectivity index is 1.53. The maximum absolute atomic E-state index is 12.6. The minimum atomic E-state index is -0.118. The molecule has 31 heavy (non-hydrogen) atoms. The summed E-state index contributed by atoms with van der Waals surface area (Å²) < 4.78 is 7.42. The molecule has 0 aliphatic carbocycles. The molecule has 0 aliphatic rings. The van der Waals surface area contributed by atoms with Crippen molar-refractivity contribution in [1.82, 2.24) is 14.9 Å². The van der Waals surface area contributed by atoms with E-state index in [-0.39, 0.29) is 5.91 Å². The third-order valence-corrected chi connectivity index (χ3v) is 5.31. The number of benzene rings is 2. The number of aromatic nitrogens is 2. The van der Waals surface area contributed by atoms with Crippen molar-refractivity contribution >= 4 is 5.91 Å². The predicted molar refractivity (Wildman–Crippen MR) is 123 cm³/mol. The van der Waals surface area contributed by atoms with Crippen molar-refractivity contribution in [3.8, 4) is 22.7 Å². The highest BCUT2D eigenvalue weighted by Gasteiger charge is 2.13. The molecule has 4 rings (SSSR count). The predicted octanol–water partition coefficient (Wildman–Crippen LogP) is 5.09. The van der Waals surface area contributed by atoms with E-state index in [0.717, 1.165) is 39.6 Å². The van der Waals surface area contributed by atoms with Crippen LogP contribution in [0.1, 0.15) is 27.3 Å². The summed E-state index contributed by atoms with van der Waals surface area (Å²) in [5, 5.41) is 2.96. The van der Waals surface area contributed by atoms with Gasteiger partial charge >= 0.3 is 0 Å². The van der Waals surface area contributed by atoms with E-state index in [9.17, 15) is 4.79 Å². The molecule has 0 radical (unpaired) electrons. The van der Waals surface area contributed by atoms with Crippen molar-refractivity contribution in [2.45, 2.75) is 20.4 Å². The summed E-state index contributed by atoms with van der Waals surface area (Å²) in [6.07, 6.45) is 1.79. The first kappa shape index (κ1) is 20.4. The molecule has 0 spiro atoms. The fourth-order valence-electron chi connectivity index (χ4n) is 3.69. The molecule has 0 bridgehead atoms. The average Bonchev–Trinajstić information content (AvgIpc) is 3.15. The largest absolute Gasteiger partial charge is 0.497 e. The molecule has 1 amide bonds. The normalized spacial score (nSPS) is 10.7. The SMILES string of the molecule is COc1cccc(CNC(=O)c2ccc(-c3ncccc3-n3c(C)ccc3C)cc2)c1. The number of hydrogen-bond donors (Lipinski definition) is 1. The van der Waals surface area contributed by atoms with Crippen LogP contribution in [0.3, 0.4) is 0 Å². The monoisotopic (exact) mass is 411 g/mol. The van der Waals surface area contributed by atoms with Crippen LogP contribution in [0.5, 0.6) is 5.75 Å². The Morgan fingerprint density at radius 1 is 0.968 bits per heavy atom. The minimum Gasteiger partial charge on any atom is -0.497 e. The van der Waals surface area contributed by atoms with Gasteiger partial charge in [-0.05, 0) is 67.9 Å². The van der Waals surface area contributed by atoms with E-state index in [0.29, 0.717) is 12.1 Å². The van der Waals surface area contributed by atoms with Crippen molar-refractivity contribution in [3.05, 3.63) is 102 Å². The van der Waals surface area contributed by atoms with Gasteiger partial charge in [-0.2, -0.15) is 0 Å². The standard InChI is InChI=1S/C26H25N3O2/c1-18-9-10-19(2)29(18)24-8-5-15-27-25(24)21-11-13-22(14-12-21)26(30)28-17-20-6-4-7-23(16-20)31-3/h4-16H,17H2,1-3H3,(H,28,30). The molecule has 0 unspecified atom stereocenters. The van der Waals surface area contributed by atoms with E-state index >= 15 is 0 Å². The molecule has 5 nitrogen and oxygen atoms in total. The first-order valence-electron chi connectivity index (χ1n) is 10.2. The summed E-state index contributed by atoms with van der Waals surface area (Å²) in [6, 6.07) is 23.4. The van der Waals surface area contributed by atoms with Crippen LogP contribution < -0.4 is 10.1 Å². The van der Waals surface area contributed by atoms with Gasteiger partial charge in [-0.15, -0.1) is 0 Å². The number of carbonyl (C=O) groups is 1. The van der Waals surface area contributed by atoms with E-state index in [1.54, 1.807) is 13.3 Å². The lowest BCUT2D eigenvalue weighted by atomic mass is 10.1. The van der Waals surface area contributed by atoms with Crippen LogP contribution in [-0.2, 0) is 6.54 Å². The van der Waals surface area contributed by atoms with Gasteiger partial charge in [-0.25, -0.2) is 0 Å². The van der Waals surface area contributed by atoms with Gasteiger partial charge < -0.3 is 14.6 Å². The maximum atomic E-state index is 12.6. The van der Waals surface area contributed by atoms with Gasteiger partial charge in [0, 0.05) is 35.3 Å². The fraction of sp³-hybridized carbons (Fsp3) is 0.154. The minimum absolute atomic E-state index is 0.118. The van der Waals surface area contributed by atoms with Crippen molar-refractivity contribution in [1.29, 1.82) is 0 Å². The zero-order valence-electron chi connectivity index (χ0n) is 17.9. The number of carbonyl (C=O) groups excluding carboxylic acids is 1. The molecule has 2 aromatic heterocycles. The first-order chi connectivity index (χ1) is 15.1. The number of methoxy groups -OCH3 is 1. The van der Waals surface area contributed by atoms with Crippen molar-refractivity contribution < 1.29 is 9.53 Å². The van der Waals surface area contributed by atoms with Gasteiger partial charge in [0.05, 0.1) is 18.5 Å². The van der Waals surface area contributed by atoms with Gasteiger partial charge in [0.2, 0.25) is 0 Å². The molecule has 2 heterocycles. The summed E-state index contributed by atoms with van der Waals surface area (Å²) in [7, 11) is 1.63. The molecule has 0 saturated heterocycles. The zero-order chi connectivity index (χ0) is 21.8. The number of nitrogens with zero attached hydrogens (tertiary/aromatic N) is 2. The summed E-state index contributed by atoms with van der Waals surface area (Å²) in [5.74, 6) is 0.656. The molecular formula is C26H25N3O2. The van der Waals surface area contributed by atoms with Crippen LogP contribution in [0.15, 0.2) is 79.0 Å². The van der Waals surface area contributed by atoms with Crippen LogP contribution >= 0.6 is 0 Å². The average molecular weight is 412 g/mol. The highest BCUT2D eigenvalue weighted by Crippen LogP contribution is 2.27. The highest BCUT2D eigenvalue weighted by atomic mass is 16.5. The summed E-state index contributed by atoms with van der Waals surface area (Å²) in [5.41, 5.74) is 6.77. The van der Waals surface area contributed by atoms with Crippen LogP contribution in [0.4, 0.5) is 0 Å². The number of rotatable bonds is 6. The number of nitrogens with one attached hydrogen (secondary N) is 1. The third kappa shape index (κ3) is 4.36. The van der Waals surface area contributed by atoms with Crippen molar-refractivity contribution in [3.63, 3.8) is 0 Å². The van der Waals surface area contributed by atoms with Gasteiger partial charge in [-0.3, -0.25) is 9.78 Å². The van der Waals surface area contributed by atoms with Gasteiger partial charge in [0.25, 0.3) is 5.91 Å². The van der Waals surface area contributed by atoms with E-state index in [4.69, 9.17) is 4.74 Å². The van der Waals surface area contributed by atoms with Crippen LogP contribution in [0, 0.1) is 13.8 Å².